The highest BCUT2D eigenvalue weighted by Crippen LogP contribution is 2.28. The van der Waals surface area contributed by atoms with E-state index in [4.69, 9.17) is 10.2 Å². The molecule has 5 rings (SSSR count). The Balaban J connectivity index is 1.27. The predicted octanol–water partition coefficient (Wildman–Crippen LogP) is 5.03. The average molecular weight is 526 g/mol. The number of carbonyl (C=O) groups excluding carboxylic acids is 1. The van der Waals surface area contributed by atoms with Crippen LogP contribution in [0.3, 0.4) is 0 Å². The van der Waals surface area contributed by atoms with Gasteiger partial charge in [0.1, 0.15) is 0 Å². The molecule has 39 heavy (non-hydrogen) atoms. The van der Waals surface area contributed by atoms with Crippen molar-refractivity contribution in [2.24, 2.45) is 5.41 Å². The molecule has 9 heteroatoms. The SMILES string of the molecule is CC(C)(C)CCN1CCCN(C(=O)c2ccc(-c3cnc(N)c(-c4nnc(-c5ccccc5)o4)n3)cc2)CC1. The number of carbonyl (C=O) groups is 1. The van der Waals surface area contributed by atoms with Crippen LogP contribution in [0.2, 0.25) is 0 Å². The van der Waals surface area contributed by atoms with Crippen LogP contribution in [0.1, 0.15) is 44.0 Å². The molecule has 202 valence electrons. The largest absolute Gasteiger partial charge is 0.414 e. The van der Waals surface area contributed by atoms with Crippen molar-refractivity contribution in [2.45, 2.75) is 33.6 Å². The molecule has 1 amide bonds. The highest BCUT2D eigenvalue weighted by atomic mass is 16.4. The third-order valence-corrected chi connectivity index (χ3v) is 6.93. The molecule has 0 unspecified atom stereocenters. The molecule has 1 saturated heterocycles. The fraction of sp³-hybridized carbons (Fsp3) is 0.367. The van der Waals surface area contributed by atoms with Gasteiger partial charge in [0, 0.05) is 36.3 Å². The molecule has 2 aromatic heterocycles. The molecule has 1 aliphatic rings. The Kier molecular flexibility index (Phi) is 7.70. The van der Waals surface area contributed by atoms with Gasteiger partial charge in [-0.3, -0.25) is 4.79 Å². The molecule has 2 aromatic carbocycles. The zero-order valence-electron chi connectivity index (χ0n) is 22.8. The summed E-state index contributed by atoms with van der Waals surface area (Å²) in [4.78, 5) is 26.7. The first kappa shape index (κ1) is 26.5. The van der Waals surface area contributed by atoms with Crippen LogP contribution < -0.4 is 5.73 Å². The van der Waals surface area contributed by atoms with Gasteiger partial charge in [-0.15, -0.1) is 10.2 Å². The number of nitrogens with zero attached hydrogens (tertiary/aromatic N) is 6. The van der Waals surface area contributed by atoms with Gasteiger partial charge in [0.05, 0.1) is 11.9 Å². The van der Waals surface area contributed by atoms with E-state index in [2.05, 4.69) is 45.8 Å². The Morgan fingerprint density at radius 3 is 2.41 bits per heavy atom. The van der Waals surface area contributed by atoms with Crippen molar-refractivity contribution in [3.8, 4) is 34.3 Å². The Labute approximate surface area is 229 Å². The van der Waals surface area contributed by atoms with Crippen molar-refractivity contribution in [3.05, 3.63) is 66.4 Å². The summed E-state index contributed by atoms with van der Waals surface area (Å²) in [7, 11) is 0. The minimum absolute atomic E-state index is 0.0580. The lowest BCUT2D eigenvalue weighted by molar-refractivity contribution is 0.0760. The van der Waals surface area contributed by atoms with Crippen molar-refractivity contribution < 1.29 is 9.21 Å². The van der Waals surface area contributed by atoms with E-state index >= 15 is 0 Å². The zero-order valence-corrected chi connectivity index (χ0v) is 22.8. The van der Waals surface area contributed by atoms with Crippen LogP contribution in [-0.4, -0.2) is 68.6 Å². The Hall–Kier alpha value is -4.11. The Morgan fingerprint density at radius 2 is 1.67 bits per heavy atom. The highest BCUT2D eigenvalue weighted by Gasteiger charge is 2.22. The van der Waals surface area contributed by atoms with Crippen LogP contribution >= 0.6 is 0 Å². The average Bonchev–Trinajstić information content (AvgIpc) is 3.31. The van der Waals surface area contributed by atoms with Gasteiger partial charge in [0.2, 0.25) is 5.89 Å². The summed E-state index contributed by atoms with van der Waals surface area (Å²) < 4.78 is 5.84. The summed E-state index contributed by atoms with van der Waals surface area (Å²) in [6, 6.07) is 17.0. The molecule has 2 N–H and O–H groups in total. The molecular weight excluding hydrogens is 490 g/mol. The van der Waals surface area contributed by atoms with Gasteiger partial charge in [0.15, 0.2) is 11.5 Å². The zero-order chi connectivity index (χ0) is 27.4. The molecule has 9 nitrogen and oxygen atoms in total. The van der Waals surface area contributed by atoms with E-state index in [0.29, 0.717) is 28.3 Å². The molecule has 3 heterocycles. The first-order valence-electron chi connectivity index (χ1n) is 13.4. The molecule has 0 atom stereocenters. The predicted molar refractivity (Wildman–Crippen MR) is 152 cm³/mol. The first-order chi connectivity index (χ1) is 18.8. The molecule has 0 saturated carbocycles. The summed E-state index contributed by atoms with van der Waals surface area (Å²) in [6.07, 6.45) is 3.74. The fourth-order valence-electron chi connectivity index (χ4n) is 4.57. The molecular formula is C30H35N7O2. The van der Waals surface area contributed by atoms with Crippen LogP contribution in [0.25, 0.3) is 34.3 Å². The lowest BCUT2D eigenvalue weighted by Crippen LogP contribution is -2.35. The summed E-state index contributed by atoms with van der Waals surface area (Å²) in [6.45, 7) is 11.3. The molecule has 0 radical (unpaired) electrons. The van der Waals surface area contributed by atoms with E-state index < -0.39 is 0 Å². The maximum Gasteiger partial charge on any atom is 0.270 e. The number of nitrogen functional groups attached to an aromatic ring is 1. The van der Waals surface area contributed by atoms with Gasteiger partial charge < -0.3 is 20.0 Å². The van der Waals surface area contributed by atoms with E-state index in [-0.39, 0.29) is 17.6 Å². The van der Waals surface area contributed by atoms with E-state index in [1.54, 1.807) is 6.20 Å². The maximum absolute atomic E-state index is 13.3. The smallest absolute Gasteiger partial charge is 0.270 e. The van der Waals surface area contributed by atoms with E-state index in [1.807, 2.05) is 59.5 Å². The lowest BCUT2D eigenvalue weighted by atomic mass is 9.92. The number of aromatic nitrogens is 4. The van der Waals surface area contributed by atoms with Crippen molar-refractivity contribution >= 4 is 11.7 Å². The van der Waals surface area contributed by atoms with Crippen LogP contribution in [0.15, 0.2) is 65.2 Å². The van der Waals surface area contributed by atoms with Gasteiger partial charge in [-0.05, 0) is 55.6 Å². The number of hydrogen-bond donors (Lipinski definition) is 1. The van der Waals surface area contributed by atoms with Gasteiger partial charge in [-0.1, -0.05) is 51.1 Å². The second kappa shape index (κ2) is 11.3. The van der Waals surface area contributed by atoms with Gasteiger partial charge in [-0.2, -0.15) is 0 Å². The van der Waals surface area contributed by atoms with Crippen LogP contribution in [-0.2, 0) is 0 Å². The summed E-state index contributed by atoms with van der Waals surface area (Å²) in [5.41, 5.74) is 9.62. The number of amides is 1. The molecule has 0 spiro atoms. The summed E-state index contributed by atoms with van der Waals surface area (Å²) in [5, 5.41) is 8.26. The topological polar surface area (TPSA) is 114 Å². The number of nitrogens with two attached hydrogens (primary N) is 1. The van der Waals surface area contributed by atoms with Crippen molar-refractivity contribution in [2.75, 3.05) is 38.5 Å². The second-order valence-corrected chi connectivity index (χ2v) is 11.1. The van der Waals surface area contributed by atoms with Crippen LogP contribution in [0, 0.1) is 5.41 Å². The number of anilines is 1. The minimum Gasteiger partial charge on any atom is -0.414 e. The second-order valence-electron chi connectivity index (χ2n) is 11.1. The summed E-state index contributed by atoms with van der Waals surface area (Å²) in [5.74, 6) is 0.838. The third kappa shape index (κ3) is 6.49. The molecule has 0 aliphatic carbocycles. The van der Waals surface area contributed by atoms with E-state index in [1.165, 1.54) is 0 Å². The Bertz CT molecular complexity index is 1410. The third-order valence-electron chi connectivity index (χ3n) is 6.93. The van der Waals surface area contributed by atoms with E-state index in [0.717, 1.165) is 56.7 Å². The number of rotatable bonds is 6. The van der Waals surface area contributed by atoms with Crippen LogP contribution in [0.4, 0.5) is 5.82 Å². The molecule has 1 fully saturated rings. The van der Waals surface area contributed by atoms with Crippen molar-refractivity contribution in [1.82, 2.24) is 30.0 Å². The summed E-state index contributed by atoms with van der Waals surface area (Å²) >= 11 is 0. The Morgan fingerprint density at radius 1 is 0.923 bits per heavy atom. The molecule has 1 aliphatic heterocycles. The van der Waals surface area contributed by atoms with E-state index in [9.17, 15) is 4.79 Å². The van der Waals surface area contributed by atoms with Gasteiger partial charge >= 0.3 is 0 Å². The highest BCUT2D eigenvalue weighted by molar-refractivity contribution is 5.94. The monoisotopic (exact) mass is 525 g/mol. The molecule has 4 aromatic rings. The lowest BCUT2D eigenvalue weighted by Gasteiger charge is -2.25. The van der Waals surface area contributed by atoms with Gasteiger partial charge in [-0.25, -0.2) is 9.97 Å². The normalized spacial score (nSPS) is 14.8. The fourth-order valence-corrected chi connectivity index (χ4v) is 4.57. The standard InChI is InChI=1S/C30H35N7O2/c1-30(2,3)14-17-36-15-7-16-37(19-18-36)29(38)23-12-10-21(11-13-23)24-20-32-26(31)25(33-24)28-35-34-27(39-28)22-8-5-4-6-9-22/h4-6,8-13,20H,7,14-19H2,1-3H3,(H2,31,32). The van der Waals surface area contributed by atoms with Crippen LogP contribution in [0.5, 0.6) is 0 Å². The maximum atomic E-state index is 13.3. The minimum atomic E-state index is 0.0580. The van der Waals surface area contributed by atoms with Crippen molar-refractivity contribution in [3.63, 3.8) is 0 Å². The number of benzene rings is 2. The van der Waals surface area contributed by atoms with Crippen molar-refractivity contribution in [1.29, 1.82) is 0 Å². The quantitative estimate of drug-likeness (QED) is 0.373. The van der Waals surface area contributed by atoms with Gasteiger partial charge in [0.25, 0.3) is 11.8 Å². The first-order valence-corrected chi connectivity index (χ1v) is 13.4. The number of hydrogen-bond acceptors (Lipinski definition) is 8. The molecule has 0 bridgehead atoms.